The van der Waals surface area contributed by atoms with Gasteiger partial charge in [0.2, 0.25) is 0 Å². The third-order valence-electron chi connectivity index (χ3n) is 3.52. The van der Waals surface area contributed by atoms with Gasteiger partial charge in [-0.2, -0.15) is 0 Å². The highest BCUT2D eigenvalue weighted by molar-refractivity contribution is 7.98. The number of aromatic nitrogens is 1. The quantitative estimate of drug-likeness (QED) is 0.694. The zero-order valence-electron chi connectivity index (χ0n) is 12.3. The summed E-state index contributed by atoms with van der Waals surface area (Å²) in [6.45, 7) is 2.15. The van der Waals surface area contributed by atoms with Crippen molar-refractivity contribution >= 4 is 28.5 Å². The second-order valence-corrected chi connectivity index (χ2v) is 6.01. The molecule has 3 heteroatoms. The fraction of sp³-hybridized carbons (Fsp3) is 0.167. The standard InChI is InChI=1S/C18H18N2S/c1-13-7-3-6-10-17(13)21-12-15-11-14-8-4-5-9-16(14)20-18(15)19-2/h3-11H,12H2,1-2H3,(H,19,20). The summed E-state index contributed by atoms with van der Waals surface area (Å²) >= 11 is 1.86. The summed E-state index contributed by atoms with van der Waals surface area (Å²) in [5, 5.41) is 4.41. The van der Waals surface area contributed by atoms with Crippen molar-refractivity contribution in [1.82, 2.24) is 4.98 Å². The number of thioether (sulfide) groups is 1. The minimum absolute atomic E-state index is 0.916. The maximum atomic E-state index is 4.70. The van der Waals surface area contributed by atoms with Gasteiger partial charge < -0.3 is 5.32 Å². The monoisotopic (exact) mass is 294 g/mol. The van der Waals surface area contributed by atoms with Gasteiger partial charge in [0.1, 0.15) is 5.82 Å². The average Bonchev–Trinajstić information content (AvgIpc) is 2.53. The van der Waals surface area contributed by atoms with E-state index in [0.29, 0.717) is 0 Å². The molecule has 1 heterocycles. The number of rotatable bonds is 4. The van der Waals surface area contributed by atoms with Crippen LogP contribution in [0, 0.1) is 6.92 Å². The van der Waals surface area contributed by atoms with E-state index in [2.05, 4.69) is 60.8 Å². The molecule has 0 atom stereocenters. The van der Waals surface area contributed by atoms with Crippen LogP contribution in [-0.4, -0.2) is 12.0 Å². The predicted molar refractivity (Wildman–Crippen MR) is 92.0 cm³/mol. The van der Waals surface area contributed by atoms with Gasteiger partial charge in [0.05, 0.1) is 5.52 Å². The molecule has 1 aromatic heterocycles. The molecular weight excluding hydrogens is 276 g/mol. The molecule has 3 rings (SSSR count). The van der Waals surface area contributed by atoms with Crippen LogP contribution >= 0.6 is 11.8 Å². The SMILES string of the molecule is CNc1nc2ccccc2cc1CSc1ccccc1C. The summed E-state index contributed by atoms with van der Waals surface area (Å²) in [6, 6.07) is 19.0. The van der Waals surface area contributed by atoms with Gasteiger partial charge in [0.15, 0.2) is 0 Å². The predicted octanol–water partition coefficient (Wildman–Crippen LogP) is 4.88. The number of benzene rings is 2. The maximum Gasteiger partial charge on any atom is 0.130 e. The first-order chi connectivity index (χ1) is 10.3. The van der Waals surface area contributed by atoms with E-state index in [-0.39, 0.29) is 0 Å². The zero-order valence-corrected chi connectivity index (χ0v) is 13.1. The van der Waals surface area contributed by atoms with Gasteiger partial charge in [-0.05, 0) is 30.7 Å². The first-order valence-electron chi connectivity index (χ1n) is 7.03. The van der Waals surface area contributed by atoms with Crippen LogP contribution in [0.5, 0.6) is 0 Å². The van der Waals surface area contributed by atoms with Gasteiger partial charge in [0, 0.05) is 28.6 Å². The molecule has 21 heavy (non-hydrogen) atoms. The maximum absolute atomic E-state index is 4.70. The van der Waals surface area contributed by atoms with Crippen LogP contribution in [0.3, 0.4) is 0 Å². The van der Waals surface area contributed by atoms with Crippen molar-refractivity contribution in [1.29, 1.82) is 0 Å². The first kappa shape index (κ1) is 14.0. The number of hydrogen-bond donors (Lipinski definition) is 1. The molecule has 0 spiro atoms. The lowest BCUT2D eigenvalue weighted by Crippen LogP contribution is -1.98. The van der Waals surface area contributed by atoms with Crippen molar-refractivity contribution in [3.8, 4) is 0 Å². The lowest BCUT2D eigenvalue weighted by molar-refractivity contribution is 1.25. The van der Waals surface area contributed by atoms with Crippen LogP contribution in [0.2, 0.25) is 0 Å². The van der Waals surface area contributed by atoms with E-state index in [1.807, 2.05) is 24.9 Å². The zero-order chi connectivity index (χ0) is 14.7. The molecule has 0 aliphatic rings. The van der Waals surface area contributed by atoms with Crippen LogP contribution in [-0.2, 0) is 5.75 Å². The Labute approximate surface area is 129 Å². The fourth-order valence-electron chi connectivity index (χ4n) is 2.36. The van der Waals surface area contributed by atoms with Gasteiger partial charge in [-0.3, -0.25) is 0 Å². The Morgan fingerprint density at radius 3 is 2.62 bits per heavy atom. The van der Waals surface area contributed by atoms with Crippen LogP contribution in [0.1, 0.15) is 11.1 Å². The first-order valence-corrected chi connectivity index (χ1v) is 8.01. The minimum Gasteiger partial charge on any atom is -0.373 e. The molecule has 0 aliphatic heterocycles. The second-order valence-electron chi connectivity index (χ2n) is 4.99. The van der Waals surface area contributed by atoms with Crippen molar-refractivity contribution < 1.29 is 0 Å². The average molecular weight is 294 g/mol. The fourth-order valence-corrected chi connectivity index (χ4v) is 3.36. The molecule has 0 radical (unpaired) electrons. The van der Waals surface area contributed by atoms with Gasteiger partial charge >= 0.3 is 0 Å². The smallest absolute Gasteiger partial charge is 0.130 e. The van der Waals surface area contributed by atoms with Crippen molar-refractivity contribution in [2.24, 2.45) is 0 Å². The number of hydrogen-bond acceptors (Lipinski definition) is 3. The molecule has 106 valence electrons. The summed E-state index contributed by atoms with van der Waals surface area (Å²) < 4.78 is 0. The summed E-state index contributed by atoms with van der Waals surface area (Å²) in [5.41, 5.74) is 3.60. The molecule has 0 unspecified atom stereocenters. The molecule has 2 aromatic carbocycles. The lowest BCUT2D eigenvalue weighted by atomic mass is 10.1. The Morgan fingerprint density at radius 2 is 1.81 bits per heavy atom. The number of fused-ring (bicyclic) bond motifs is 1. The van der Waals surface area contributed by atoms with Crippen LogP contribution in [0.25, 0.3) is 10.9 Å². The van der Waals surface area contributed by atoms with Crippen molar-refractivity contribution in [2.75, 3.05) is 12.4 Å². The Hall–Kier alpha value is -2.00. The number of nitrogens with zero attached hydrogens (tertiary/aromatic N) is 1. The number of nitrogens with one attached hydrogen (secondary N) is 1. The number of anilines is 1. The molecule has 0 aliphatic carbocycles. The van der Waals surface area contributed by atoms with Gasteiger partial charge in [-0.25, -0.2) is 4.98 Å². The summed E-state index contributed by atoms with van der Waals surface area (Å²) in [4.78, 5) is 6.03. The van der Waals surface area contributed by atoms with E-state index < -0.39 is 0 Å². The summed E-state index contributed by atoms with van der Waals surface area (Å²) in [7, 11) is 1.93. The third kappa shape index (κ3) is 3.03. The number of para-hydroxylation sites is 1. The van der Waals surface area contributed by atoms with Gasteiger partial charge in [-0.15, -0.1) is 11.8 Å². The van der Waals surface area contributed by atoms with Gasteiger partial charge in [0.25, 0.3) is 0 Å². The largest absolute Gasteiger partial charge is 0.373 e. The van der Waals surface area contributed by atoms with Gasteiger partial charge in [-0.1, -0.05) is 36.4 Å². The number of pyridine rings is 1. The van der Waals surface area contributed by atoms with E-state index in [4.69, 9.17) is 4.98 Å². The number of aryl methyl sites for hydroxylation is 1. The third-order valence-corrected chi connectivity index (χ3v) is 4.74. The van der Waals surface area contributed by atoms with E-state index in [9.17, 15) is 0 Å². The van der Waals surface area contributed by atoms with Crippen LogP contribution < -0.4 is 5.32 Å². The van der Waals surface area contributed by atoms with E-state index >= 15 is 0 Å². The molecule has 3 aromatic rings. The van der Waals surface area contributed by atoms with Crippen molar-refractivity contribution in [2.45, 2.75) is 17.6 Å². The Kier molecular flexibility index (Phi) is 4.11. The lowest BCUT2D eigenvalue weighted by Gasteiger charge is -2.11. The molecule has 0 bridgehead atoms. The second kappa shape index (κ2) is 6.19. The molecule has 0 saturated carbocycles. The molecule has 2 nitrogen and oxygen atoms in total. The van der Waals surface area contributed by atoms with Crippen molar-refractivity contribution in [3.63, 3.8) is 0 Å². The molecular formula is C18H18N2S. The molecule has 0 saturated heterocycles. The van der Waals surface area contributed by atoms with E-state index in [0.717, 1.165) is 17.1 Å². The van der Waals surface area contributed by atoms with E-state index in [1.165, 1.54) is 21.4 Å². The summed E-state index contributed by atoms with van der Waals surface area (Å²) in [6.07, 6.45) is 0. The minimum atomic E-state index is 0.916. The molecule has 1 N–H and O–H groups in total. The van der Waals surface area contributed by atoms with Crippen LogP contribution in [0.4, 0.5) is 5.82 Å². The van der Waals surface area contributed by atoms with E-state index in [1.54, 1.807) is 0 Å². The Bertz CT molecular complexity index is 768. The Morgan fingerprint density at radius 1 is 1.05 bits per heavy atom. The normalized spacial score (nSPS) is 10.8. The highest BCUT2D eigenvalue weighted by Crippen LogP contribution is 2.29. The molecule has 0 fully saturated rings. The topological polar surface area (TPSA) is 24.9 Å². The summed E-state index contributed by atoms with van der Waals surface area (Å²) in [5.74, 6) is 1.88. The van der Waals surface area contributed by atoms with Crippen LogP contribution in [0.15, 0.2) is 59.5 Å². The Balaban J connectivity index is 1.91. The van der Waals surface area contributed by atoms with Crippen molar-refractivity contribution in [3.05, 3.63) is 65.7 Å². The highest BCUT2D eigenvalue weighted by atomic mass is 32.2. The highest BCUT2D eigenvalue weighted by Gasteiger charge is 2.07. The molecule has 0 amide bonds.